The normalized spacial score (nSPS) is 19.1. The van der Waals surface area contributed by atoms with E-state index in [9.17, 15) is 5.11 Å². The third-order valence-electron chi connectivity index (χ3n) is 4.09. The molecule has 0 aromatic carbocycles. The number of imidazole rings is 1. The number of rotatable bonds is 4. The zero-order valence-corrected chi connectivity index (χ0v) is 12.2. The molecule has 5 heteroatoms. The molecule has 2 aromatic rings. The fourth-order valence-electron chi connectivity index (χ4n) is 2.95. The van der Waals surface area contributed by atoms with Crippen LogP contribution in [0, 0.1) is 6.92 Å². The summed E-state index contributed by atoms with van der Waals surface area (Å²) >= 11 is 1.66. The number of hydrogen-bond acceptors (Lipinski definition) is 4. The number of thiazole rings is 1. The van der Waals surface area contributed by atoms with Gasteiger partial charge < -0.3 is 10.4 Å². The molecule has 1 saturated carbocycles. The summed E-state index contributed by atoms with van der Waals surface area (Å²) in [5.41, 5.74) is 1.79. The maximum Gasteiger partial charge on any atom is 0.194 e. The van der Waals surface area contributed by atoms with Crippen molar-refractivity contribution in [2.24, 2.45) is 0 Å². The fourth-order valence-corrected chi connectivity index (χ4v) is 3.73. The van der Waals surface area contributed by atoms with Crippen LogP contribution in [0.15, 0.2) is 11.6 Å². The molecule has 1 fully saturated rings. The minimum absolute atomic E-state index is 0.495. The zero-order chi connectivity index (χ0) is 13.3. The molecule has 0 saturated heterocycles. The van der Waals surface area contributed by atoms with Gasteiger partial charge in [-0.2, -0.15) is 0 Å². The van der Waals surface area contributed by atoms with Crippen molar-refractivity contribution in [3.63, 3.8) is 0 Å². The van der Waals surface area contributed by atoms with Crippen LogP contribution in [0.3, 0.4) is 0 Å². The molecule has 1 aliphatic carbocycles. The third kappa shape index (κ3) is 2.68. The van der Waals surface area contributed by atoms with Gasteiger partial charge in [0.15, 0.2) is 4.96 Å². The third-order valence-corrected chi connectivity index (χ3v) is 4.85. The van der Waals surface area contributed by atoms with Crippen LogP contribution in [0.1, 0.15) is 43.5 Å². The molecule has 2 N–H and O–H groups in total. The number of nitrogens with one attached hydrogen (secondary N) is 1. The maximum atomic E-state index is 10.5. The molecule has 0 bridgehead atoms. The molecule has 1 aliphatic rings. The van der Waals surface area contributed by atoms with Crippen LogP contribution in [0.5, 0.6) is 0 Å². The SMILES string of the molecule is Cc1nc2sccn2c1CNCC1(O)CCCCC1. The Bertz CT molecular complexity index is 554. The average molecular weight is 279 g/mol. The van der Waals surface area contributed by atoms with Crippen molar-refractivity contribution in [2.75, 3.05) is 6.54 Å². The Balaban J connectivity index is 1.63. The van der Waals surface area contributed by atoms with Crippen LogP contribution >= 0.6 is 11.3 Å². The lowest BCUT2D eigenvalue weighted by Gasteiger charge is -2.32. The summed E-state index contributed by atoms with van der Waals surface area (Å²) in [6.45, 7) is 3.50. The number of aromatic nitrogens is 2. The Morgan fingerprint density at radius 2 is 2.21 bits per heavy atom. The first-order valence-corrected chi connectivity index (χ1v) is 7.90. The maximum absolute atomic E-state index is 10.5. The quantitative estimate of drug-likeness (QED) is 0.904. The van der Waals surface area contributed by atoms with Gasteiger partial charge in [0.25, 0.3) is 0 Å². The average Bonchev–Trinajstić information content (AvgIpc) is 2.93. The fraction of sp³-hybridized carbons (Fsp3) is 0.643. The first-order valence-electron chi connectivity index (χ1n) is 7.02. The molecule has 2 heterocycles. The lowest BCUT2D eigenvalue weighted by atomic mass is 9.85. The largest absolute Gasteiger partial charge is 0.389 e. The van der Waals surface area contributed by atoms with Gasteiger partial charge in [-0.15, -0.1) is 11.3 Å². The van der Waals surface area contributed by atoms with E-state index in [0.717, 1.165) is 42.9 Å². The summed E-state index contributed by atoms with van der Waals surface area (Å²) in [5, 5.41) is 15.9. The second-order valence-electron chi connectivity index (χ2n) is 5.59. The van der Waals surface area contributed by atoms with E-state index in [1.165, 1.54) is 12.1 Å². The Kier molecular flexibility index (Phi) is 3.60. The van der Waals surface area contributed by atoms with Crippen molar-refractivity contribution >= 4 is 16.3 Å². The minimum Gasteiger partial charge on any atom is -0.389 e. The van der Waals surface area contributed by atoms with E-state index in [2.05, 4.69) is 26.3 Å². The van der Waals surface area contributed by atoms with Gasteiger partial charge in [-0.25, -0.2) is 4.98 Å². The zero-order valence-electron chi connectivity index (χ0n) is 11.4. The molecule has 0 unspecified atom stereocenters. The number of fused-ring (bicyclic) bond motifs is 1. The van der Waals surface area contributed by atoms with Crippen LogP contribution in [0.4, 0.5) is 0 Å². The molecule has 3 rings (SSSR count). The van der Waals surface area contributed by atoms with E-state index in [-0.39, 0.29) is 0 Å². The molecule has 0 aliphatic heterocycles. The summed E-state index contributed by atoms with van der Waals surface area (Å²) < 4.78 is 2.14. The molecule has 19 heavy (non-hydrogen) atoms. The lowest BCUT2D eigenvalue weighted by molar-refractivity contribution is 0.00459. The van der Waals surface area contributed by atoms with Crippen LogP contribution < -0.4 is 5.32 Å². The molecule has 0 amide bonds. The summed E-state index contributed by atoms with van der Waals surface area (Å²) in [6, 6.07) is 0. The molecular formula is C14H21N3OS. The van der Waals surface area contributed by atoms with Gasteiger partial charge in [0.05, 0.1) is 17.0 Å². The second kappa shape index (κ2) is 5.23. The van der Waals surface area contributed by atoms with Crippen molar-refractivity contribution in [3.8, 4) is 0 Å². The van der Waals surface area contributed by atoms with Crippen molar-refractivity contribution in [1.82, 2.24) is 14.7 Å². The van der Waals surface area contributed by atoms with Crippen molar-refractivity contribution in [3.05, 3.63) is 23.0 Å². The molecule has 0 atom stereocenters. The van der Waals surface area contributed by atoms with Gasteiger partial charge in [0, 0.05) is 24.7 Å². The first-order chi connectivity index (χ1) is 9.18. The van der Waals surface area contributed by atoms with E-state index in [1.54, 1.807) is 11.3 Å². The van der Waals surface area contributed by atoms with Crippen molar-refractivity contribution in [1.29, 1.82) is 0 Å². The van der Waals surface area contributed by atoms with E-state index in [4.69, 9.17) is 0 Å². The minimum atomic E-state index is -0.495. The molecule has 4 nitrogen and oxygen atoms in total. The van der Waals surface area contributed by atoms with Gasteiger partial charge in [0.1, 0.15) is 0 Å². The van der Waals surface area contributed by atoms with Crippen LogP contribution in [-0.4, -0.2) is 26.6 Å². The topological polar surface area (TPSA) is 49.6 Å². The van der Waals surface area contributed by atoms with Gasteiger partial charge in [-0.3, -0.25) is 4.40 Å². The van der Waals surface area contributed by atoms with E-state index in [0.29, 0.717) is 6.54 Å². The molecular weight excluding hydrogens is 258 g/mol. The first kappa shape index (κ1) is 13.1. The van der Waals surface area contributed by atoms with Gasteiger partial charge >= 0.3 is 0 Å². The van der Waals surface area contributed by atoms with Gasteiger partial charge in [-0.1, -0.05) is 19.3 Å². The predicted molar refractivity (Wildman–Crippen MR) is 77.5 cm³/mol. The van der Waals surface area contributed by atoms with E-state index in [1.807, 2.05) is 6.92 Å². The summed E-state index contributed by atoms with van der Waals surface area (Å²) in [5.74, 6) is 0. The predicted octanol–water partition coefficient (Wildman–Crippen LogP) is 2.49. The van der Waals surface area contributed by atoms with Crippen LogP contribution in [-0.2, 0) is 6.54 Å². The lowest BCUT2D eigenvalue weighted by Crippen LogP contribution is -2.42. The standard InChI is InChI=1S/C14H21N3OS/c1-11-12(17-7-8-19-13(17)16-11)9-15-10-14(18)5-3-2-4-6-14/h7-8,15,18H,2-6,9-10H2,1H3. The molecule has 0 radical (unpaired) electrons. The summed E-state index contributed by atoms with van der Waals surface area (Å²) in [6.07, 6.45) is 7.49. The highest BCUT2D eigenvalue weighted by Gasteiger charge is 2.28. The Morgan fingerprint density at radius 3 is 3.00 bits per heavy atom. The monoisotopic (exact) mass is 279 g/mol. The van der Waals surface area contributed by atoms with Crippen molar-refractivity contribution in [2.45, 2.75) is 51.2 Å². The van der Waals surface area contributed by atoms with E-state index < -0.39 is 5.60 Å². The van der Waals surface area contributed by atoms with Crippen molar-refractivity contribution < 1.29 is 5.11 Å². The molecule has 0 spiro atoms. The van der Waals surface area contributed by atoms with Crippen LogP contribution in [0.25, 0.3) is 4.96 Å². The van der Waals surface area contributed by atoms with Gasteiger partial charge in [0.2, 0.25) is 0 Å². The number of nitrogens with zero attached hydrogens (tertiary/aromatic N) is 2. The highest BCUT2D eigenvalue weighted by Crippen LogP contribution is 2.27. The number of hydrogen-bond donors (Lipinski definition) is 2. The van der Waals surface area contributed by atoms with Crippen LogP contribution in [0.2, 0.25) is 0 Å². The Morgan fingerprint density at radius 1 is 1.42 bits per heavy atom. The Hall–Kier alpha value is -0.910. The van der Waals surface area contributed by atoms with E-state index >= 15 is 0 Å². The molecule has 104 valence electrons. The second-order valence-corrected chi connectivity index (χ2v) is 6.46. The molecule has 2 aromatic heterocycles. The highest BCUT2D eigenvalue weighted by atomic mass is 32.1. The summed E-state index contributed by atoms with van der Waals surface area (Å²) in [4.78, 5) is 5.58. The highest BCUT2D eigenvalue weighted by molar-refractivity contribution is 7.15. The number of aliphatic hydroxyl groups is 1. The Labute approximate surface area is 117 Å². The summed E-state index contributed by atoms with van der Waals surface area (Å²) in [7, 11) is 0. The number of aryl methyl sites for hydroxylation is 1. The smallest absolute Gasteiger partial charge is 0.194 e. The van der Waals surface area contributed by atoms with Gasteiger partial charge in [-0.05, 0) is 19.8 Å².